The number of nitrogens with one attached hydrogen (secondary N) is 3. The van der Waals surface area contributed by atoms with E-state index >= 15 is 0 Å². The van der Waals surface area contributed by atoms with E-state index < -0.39 is 10.0 Å². The van der Waals surface area contributed by atoms with E-state index in [-0.39, 0.29) is 16.7 Å². The molecule has 0 radical (unpaired) electrons. The van der Waals surface area contributed by atoms with Gasteiger partial charge in [0.2, 0.25) is 15.9 Å². The van der Waals surface area contributed by atoms with Crippen molar-refractivity contribution in [3.63, 3.8) is 0 Å². The van der Waals surface area contributed by atoms with Gasteiger partial charge in [0.25, 0.3) is 0 Å². The van der Waals surface area contributed by atoms with E-state index in [4.69, 9.17) is 0 Å². The van der Waals surface area contributed by atoms with E-state index in [1.54, 1.807) is 18.2 Å². The predicted molar refractivity (Wildman–Crippen MR) is 110 cm³/mol. The summed E-state index contributed by atoms with van der Waals surface area (Å²) in [5, 5.41) is 9.49. The summed E-state index contributed by atoms with van der Waals surface area (Å²) in [5.41, 5.74) is 1.24. The van der Waals surface area contributed by atoms with Gasteiger partial charge in [0.1, 0.15) is 0 Å². The Labute approximate surface area is 163 Å². The molecule has 0 unspecified atom stereocenters. The molecule has 27 heavy (non-hydrogen) atoms. The summed E-state index contributed by atoms with van der Waals surface area (Å²) in [6.07, 6.45) is 1.56. The standard InChI is InChI=1S/C19H32N4O3S/c1-5-20-17-9-8-16(27(25,26)23(6-2)7-3)13-18(17)22-19(24)15-10-11-21-14(4)12-15/h8-9,13-15,20-21H,5-7,10-12H2,1-4H3,(H,22,24)/t14-,15-/m0/s1. The minimum Gasteiger partial charge on any atom is -0.384 e. The number of amides is 1. The summed E-state index contributed by atoms with van der Waals surface area (Å²) in [6.45, 7) is 9.96. The first-order chi connectivity index (χ1) is 12.8. The van der Waals surface area contributed by atoms with Crippen LogP contribution in [0.3, 0.4) is 0 Å². The molecule has 0 saturated carbocycles. The first-order valence-corrected chi connectivity index (χ1v) is 11.2. The lowest BCUT2D eigenvalue weighted by Crippen LogP contribution is -2.40. The number of rotatable bonds is 8. The van der Waals surface area contributed by atoms with Gasteiger partial charge in [-0.1, -0.05) is 13.8 Å². The first-order valence-electron chi connectivity index (χ1n) is 9.75. The minimum absolute atomic E-state index is 0.0557. The van der Waals surface area contributed by atoms with E-state index in [9.17, 15) is 13.2 Å². The zero-order valence-electron chi connectivity index (χ0n) is 16.7. The van der Waals surface area contributed by atoms with Crippen molar-refractivity contribution in [1.29, 1.82) is 0 Å². The highest BCUT2D eigenvalue weighted by Crippen LogP contribution is 2.28. The van der Waals surface area contributed by atoms with Crippen molar-refractivity contribution in [1.82, 2.24) is 9.62 Å². The Morgan fingerprint density at radius 3 is 2.52 bits per heavy atom. The van der Waals surface area contributed by atoms with Gasteiger partial charge in [-0.25, -0.2) is 8.42 Å². The predicted octanol–water partition coefficient (Wildman–Crippen LogP) is 2.48. The molecule has 1 heterocycles. The molecule has 2 atom stereocenters. The van der Waals surface area contributed by atoms with Crippen LogP contribution in [0.25, 0.3) is 0 Å². The average Bonchev–Trinajstić information content (AvgIpc) is 2.64. The van der Waals surface area contributed by atoms with Crippen LogP contribution in [0.2, 0.25) is 0 Å². The molecule has 152 valence electrons. The van der Waals surface area contributed by atoms with Gasteiger partial charge in [0.15, 0.2) is 0 Å². The molecule has 0 bridgehead atoms. The fraction of sp³-hybridized carbons (Fsp3) is 0.632. The highest BCUT2D eigenvalue weighted by Gasteiger charge is 2.27. The maximum absolute atomic E-state index is 12.8. The quantitative estimate of drug-likeness (QED) is 0.628. The van der Waals surface area contributed by atoms with E-state index in [0.717, 1.165) is 25.1 Å². The number of nitrogens with zero attached hydrogens (tertiary/aromatic N) is 1. The van der Waals surface area contributed by atoms with Gasteiger partial charge < -0.3 is 16.0 Å². The van der Waals surface area contributed by atoms with Crippen molar-refractivity contribution in [2.45, 2.75) is 51.5 Å². The number of sulfonamides is 1. The number of benzene rings is 1. The molecule has 7 nitrogen and oxygen atoms in total. The number of hydrogen-bond donors (Lipinski definition) is 3. The molecule has 1 amide bonds. The zero-order valence-corrected chi connectivity index (χ0v) is 17.5. The van der Waals surface area contributed by atoms with E-state index in [0.29, 0.717) is 31.4 Å². The number of carbonyl (C=O) groups excluding carboxylic acids is 1. The van der Waals surface area contributed by atoms with Gasteiger partial charge in [-0.15, -0.1) is 0 Å². The van der Waals surface area contributed by atoms with Gasteiger partial charge >= 0.3 is 0 Å². The Kier molecular flexibility index (Phi) is 7.64. The molecule has 1 saturated heterocycles. The fourth-order valence-electron chi connectivity index (χ4n) is 3.45. The second kappa shape index (κ2) is 9.52. The SMILES string of the molecule is CCNc1ccc(S(=O)(=O)N(CC)CC)cc1NC(=O)[C@H]1CCN[C@@H](C)C1. The lowest BCUT2D eigenvalue weighted by atomic mass is 9.92. The van der Waals surface area contributed by atoms with Gasteiger partial charge in [0.05, 0.1) is 16.3 Å². The Morgan fingerprint density at radius 2 is 1.93 bits per heavy atom. The molecule has 1 aromatic rings. The minimum atomic E-state index is -3.58. The lowest BCUT2D eigenvalue weighted by Gasteiger charge is -2.27. The van der Waals surface area contributed by atoms with Crippen molar-refractivity contribution in [3.8, 4) is 0 Å². The van der Waals surface area contributed by atoms with Gasteiger partial charge in [0, 0.05) is 31.6 Å². The number of piperidine rings is 1. The molecule has 1 aromatic carbocycles. The third-order valence-electron chi connectivity index (χ3n) is 4.95. The topological polar surface area (TPSA) is 90.5 Å². The summed E-state index contributed by atoms with van der Waals surface area (Å²) in [5.74, 6) is -0.126. The normalized spacial score (nSPS) is 20.5. The van der Waals surface area contributed by atoms with Crippen LogP contribution in [0, 0.1) is 5.92 Å². The zero-order chi connectivity index (χ0) is 20.0. The van der Waals surface area contributed by atoms with Crippen LogP contribution in [-0.2, 0) is 14.8 Å². The van der Waals surface area contributed by atoms with Gasteiger partial charge in [-0.2, -0.15) is 4.31 Å². The van der Waals surface area contributed by atoms with E-state index in [1.165, 1.54) is 4.31 Å². The molecule has 1 aliphatic heterocycles. The van der Waals surface area contributed by atoms with Crippen LogP contribution in [0.15, 0.2) is 23.1 Å². The van der Waals surface area contributed by atoms with Crippen molar-refractivity contribution < 1.29 is 13.2 Å². The molecule has 1 fully saturated rings. The van der Waals surface area contributed by atoms with E-state index in [2.05, 4.69) is 22.9 Å². The lowest BCUT2D eigenvalue weighted by molar-refractivity contribution is -0.120. The van der Waals surface area contributed by atoms with Crippen LogP contribution in [-0.4, -0.2) is 50.9 Å². The number of anilines is 2. The Morgan fingerprint density at radius 1 is 1.22 bits per heavy atom. The average molecular weight is 397 g/mol. The molecule has 8 heteroatoms. The van der Waals surface area contributed by atoms with Gasteiger partial charge in [-0.3, -0.25) is 4.79 Å². The van der Waals surface area contributed by atoms with Crippen LogP contribution in [0.5, 0.6) is 0 Å². The summed E-state index contributed by atoms with van der Waals surface area (Å²) in [6, 6.07) is 5.18. The molecular weight excluding hydrogens is 364 g/mol. The summed E-state index contributed by atoms with van der Waals surface area (Å²) < 4.78 is 27.1. The fourth-order valence-corrected chi connectivity index (χ4v) is 4.93. The number of carbonyl (C=O) groups is 1. The van der Waals surface area contributed by atoms with Crippen molar-refractivity contribution in [2.24, 2.45) is 5.92 Å². The summed E-state index contributed by atoms with van der Waals surface area (Å²) in [4.78, 5) is 12.9. The molecule has 2 rings (SSSR count). The van der Waals surface area contributed by atoms with E-state index in [1.807, 2.05) is 20.8 Å². The monoisotopic (exact) mass is 396 g/mol. The third-order valence-corrected chi connectivity index (χ3v) is 7.00. The van der Waals surface area contributed by atoms with Crippen LogP contribution in [0.4, 0.5) is 11.4 Å². The third kappa shape index (κ3) is 5.21. The summed E-state index contributed by atoms with van der Waals surface area (Å²) in [7, 11) is -3.58. The molecule has 1 aliphatic rings. The molecular formula is C19H32N4O3S. The number of hydrogen-bond acceptors (Lipinski definition) is 5. The Hall–Kier alpha value is -1.64. The van der Waals surface area contributed by atoms with Crippen LogP contribution in [0.1, 0.15) is 40.5 Å². The largest absolute Gasteiger partial charge is 0.384 e. The van der Waals surface area contributed by atoms with Crippen LogP contribution < -0.4 is 16.0 Å². The molecule has 0 aliphatic carbocycles. The smallest absolute Gasteiger partial charge is 0.243 e. The Balaban J connectivity index is 2.31. The molecule has 0 aromatic heterocycles. The highest BCUT2D eigenvalue weighted by atomic mass is 32.2. The highest BCUT2D eigenvalue weighted by molar-refractivity contribution is 7.89. The maximum Gasteiger partial charge on any atom is 0.243 e. The van der Waals surface area contributed by atoms with Crippen molar-refractivity contribution in [2.75, 3.05) is 36.8 Å². The van der Waals surface area contributed by atoms with Crippen molar-refractivity contribution >= 4 is 27.3 Å². The molecule has 3 N–H and O–H groups in total. The maximum atomic E-state index is 12.8. The van der Waals surface area contributed by atoms with Crippen LogP contribution >= 0.6 is 0 Å². The summed E-state index contributed by atoms with van der Waals surface area (Å²) >= 11 is 0. The van der Waals surface area contributed by atoms with Gasteiger partial charge in [-0.05, 0) is 51.4 Å². The Bertz CT molecular complexity index is 747. The molecule has 0 spiro atoms. The second-order valence-electron chi connectivity index (χ2n) is 6.89. The first kappa shape index (κ1) is 21.7. The second-order valence-corrected chi connectivity index (χ2v) is 8.83. The van der Waals surface area contributed by atoms with Crippen molar-refractivity contribution in [3.05, 3.63) is 18.2 Å².